The van der Waals surface area contributed by atoms with E-state index in [9.17, 15) is 4.79 Å². The van der Waals surface area contributed by atoms with E-state index < -0.39 is 0 Å². The zero-order valence-corrected chi connectivity index (χ0v) is 5.48. The molecule has 0 aliphatic rings. The van der Waals surface area contributed by atoms with E-state index >= 15 is 0 Å². The van der Waals surface area contributed by atoms with Crippen molar-refractivity contribution in [3.63, 3.8) is 0 Å². The standard InChI is InChI=1S/C6H4N4O/c11-2-5-7-1-4-6(10-5)9-3-8-4/h1-3H,(H,7,8,9,10). The van der Waals surface area contributed by atoms with Crippen molar-refractivity contribution in [2.24, 2.45) is 0 Å². The van der Waals surface area contributed by atoms with E-state index in [4.69, 9.17) is 0 Å². The second-order valence-electron chi connectivity index (χ2n) is 1.99. The summed E-state index contributed by atoms with van der Waals surface area (Å²) in [5.41, 5.74) is 1.25. The number of carbonyl (C=O) groups is 1. The number of imidazole rings is 1. The number of hydrogen-bond acceptors (Lipinski definition) is 4. The van der Waals surface area contributed by atoms with Gasteiger partial charge in [-0.15, -0.1) is 0 Å². The van der Waals surface area contributed by atoms with E-state index in [0.717, 1.165) is 5.52 Å². The first-order valence-corrected chi connectivity index (χ1v) is 3.01. The van der Waals surface area contributed by atoms with Crippen LogP contribution in [-0.2, 0) is 0 Å². The Hall–Kier alpha value is -1.78. The van der Waals surface area contributed by atoms with Crippen molar-refractivity contribution in [3.05, 3.63) is 18.3 Å². The molecule has 0 spiro atoms. The first-order valence-electron chi connectivity index (χ1n) is 3.01. The summed E-state index contributed by atoms with van der Waals surface area (Å²) in [7, 11) is 0. The van der Waals surface area contributed by atoms with Gasteiger partial charge in [0.15, 0.2) is 17.8 Å². The summed E-state index contributed by atoms with van der Waals surface area (Å²) < 4.78 is 0. The fraction of sp³-hybridized carbons (Fsp3) is 0. The van der Waals surface area contributed by atoms with Crippen LogP contribution < -0.4 is 0 Å². The monoisotopic (exact) mass is 148 g/mol. The van der Waals surface area contributed by atoms with Crippen molar-refractivity contribution in [1.82, 2.24) is 19.9 Å². The maximum Gasteiger partial charge on any atom is 0.194 e. The fourth-order valence-electron chi connectivity index (χ4n) is 0.806. The lowest BCUT2D eigenvalue weighted by atomic mass is 10.5. The van der Waals surface area contributed by atoms with Gasteiger partial charge in [-0.2, -0.15) is 0 Å². The summed E-state index contributed by atoms with van der Waals surface area (Å²) in [5, 5.41) is 0. The average Bonchev–Trinajstić information content (AvgIpc) is 2.50. The van der Waals surface area contributed by atoms with Crippen LogP contribution in [-0.4, -0.2) is 26.2 Å². The number of aromatic amines is 1. The quantitative estimate of drug-likeness (QED) is 0.585. The largest absolute Gasteiger partial charge is 0.342 e. The zero-order valence-electron chi connectivity index (χ0n) is 5.48. The van der Waals surface area contributed by atoms with Crippen LogP contribution in [0, 0.1) is 0 Å². The summed E-state index contributed by atoms with van der Waals surface area (Å²) in [5.74, 6) is 0.157. The van der Waals surface area contributed by atoms with Crippen LogP contribution >= 0.6 is 0 Å². The number of nitrogens with zero attached hydrogens (tertiary/aromatic N) is 3. The van der Waals surface area contributed by atoms with E-state index in [1.54, 1.807) is 0 Å². The molecule has 0 saturated heterocycles. The molecule has 11 heavy (non-hydrogen) atoms. The minimum atomic E-state index is 0.157. The van der Waals surface area contributed by atoms with Crippen molar-refractivity contribution >= 4 is 17.5 Å². The second kappa shape index (κ2) is 2.12. The Labute approximate surface area is 61.5 Å². The molecule has 2 aromatic heterocycles. The summed E-state index contributed by atoms with van der Waals surface area (Å²) in [4.78, 5) is 24.5. The lowest BCUT2D eigenvalue weighted by molar-refractivity contribution is 0.111. The van der Waals surface area contributed by atoms with Gasteiger partial charge < -0.3 is 4.98 Å². The SMILES string of the molecule is O=Cc1ncc2[nH]cnc2n1. The van der Waals surface area contributed by atoms with Gasteiger partial charge >= 0.3 is 0 Å². The molecule has 0 aliphatic heterocycles. The van der Waals surface area contributed by atoms with Gasteiger partial charge in [0, 0.05) is 0 Å². The summed E-state index contributed by atoms with van der Waals surface area (Å²) in [6, 6.07) is 0. The third-order valence-corrected chi connectivity index (χ3v) is 1.30. The number of hydrogen-bond donors (Lipinski definition) is 1. The zero-order chi connectivity index (χ0) is 7.68. The molecule has 0 atom stereocenters. The van der Waals surface area contributed by atoms with Gasteiger partial charge in [-0.25, -0.2) is 15.0 Å². The van der Waals surface area contributed by atoms with E-state index in [1.165, 1.54) is 12.5 Å². The van der Waals surface area contributed by atoms with Gasteiger partial charge in [0.25, 0.3) is 0 Å². The molecule has 0 unspecified atom stereocenters. The first-order chi connectivity index (χ1) is 5.40. The number of H-pyrrole nitrogens is 1. The average molecular weight is 148 g/mol. The smallest absolute Gasteiger partial charge is 0.194 e. The van der Waals surface area contributed by atoms with E-state index in [2.05, 4.69) is 19.9 Å². The van der Waals surface area contributed by atoms with Crippen LogP contribution in [0.2, 0.25) is 0 Å². The Kier molecular flexibility index (Phi) is 1.15. The van der Waals surface area contributed by atoms with Crippen LogP contribution in [0.25, 0.3) is 11.2 Å². The maximum atomic E-state index is 10.2. The molecule has 0 aliphatic carbocycles. The molecular formula is C6H4N4O. The predicted octanol–water partition coefficient (Wildman–Crippen LogP) is 0.165. The third kappa shape index (κ3) is 0.861. The minimum absolute atomic E-state index is 0.157. The Morgan fingerprint density at radius 2 is 2.36 bits per heavy atom. The Balaban J connectivity index is 2.76. The van der Waals surface area contributed by atoms with Crippen LogP contribution in [0.3, 0.4) is 0 Å². The van der Waals surface area contributed by atoms with Crippen molar-refractivity contribution < 1.29 is 4.79 Å². The van der Waals surface area contributed by atoms with Crippen LogP contribution in [0.5, 0.6) is 0 Å². The third-order valence-electron chi connectivity index (χ3n) is 1.30. The number of rotatable bonds is 1. The molecular weight excluding hydrogens is 144 g/mol. The first kappa shape index (κ1) is 5.96. The molecule has 0 fully saturated rings. The second-order valence-corrected chi connectivity index (χ2v) is 1.99. The number of nitrogens with one attached hydrogen (secondary N) is 1. The fourth-order valence-corrected chi connectivity index (χ4v) is 0.806. The Morgan fingerprint density at radius 3 is 3.18 bits per heavy atom. The van der Waals surface area contributed by atoms with Gasteiger partial charge in [0.05, 0.1) is 12.5 Å². The number of carbonyl (C=O) groups excluding carboxylic acids is 1. The molecule has 2 heterocycles. The highest BCUT2D eigenvalue weighted by Crippen LogP contribution is 2.01. The van der Waals surface area contributed by atoms with Crippen molar-refractivity contribution in [2.45, 2.75) is 0 Å². The highest BCUT2D eigenvalue weighted by atomic mass is 16.1. The predicted molar refractivity (Wildman–Crippen MR) is 37.1 cm³/mol. The summed E-state index contributed by atoms with van der Waals surface area (Å²) >= 11 is 0. The van der Waals surface area contributed by atoms with E-state index in [-0.39, 0.29) is 5.82 Å². The molecule has 0 radical (unpaired) electrons. The molecule has 54 valence electrons. The number of fused-ring (bicyclic) bond motifs is 1. The van der Waals surface area contributed by atoms with Crippen molar-refractivity contribution in [2.75, 3.05) is 0 Å². The lowest BCUT2D eigenvalue weighted by Crippen LogP contribution is -1.91. The summed E-state index contributed by atoms with van der Waals surface area (Å²) in [6.45, 7) is 0. The Morgan fingerprint density at radius 1 is 1.45 bits per heavy atom. The molecule has 2 aromatic rings. The Bertz CT molecular complexity index is 394. The van der Waals surface area contributed by atoms with Crippen LogP contribution in [0.1, 0.15) is 10.6 Å². The molecule has 0 aromatic carbocycles. The van der Waals surface area contributed by atoms with Crippen LogP contribution in [0.4, 0.5) is 0 Å². The molecule has 5 heteroatoms. The minimum Gasteiger partial charge on any atom is -0.342 e. The molecule has 2 rings (SSSR count). The maximum absolute atomic E-state index is 10.2. The van der Waals surface area contributed by atoms with Crippen LogP contribution in [0.15, 0.2) is 12.5 Å². The van der Waals surface area contributed by atoms with Crippen molar-refractivity contribution in [1.29, 1.82) is 0 Å². The molecule has 0 saturated carbocycles. The highest BCUT2D eigenvalue weighted by molar-refractivity contribution is 5.75. The van der Waals surface area contributed by atoms with Gasteiger partial charge in [-0.1, -0.05) is 0 Å². The van der Waals surface area contributed by atoms with Gasteiger partial charge in [-0.3, -0.25) is 4.79 Å². The molecule has 0 bridgehead atoms. The van der Waals surface area contributed by atoms with E-state index in [1.807, 2.05) is 0 Å². The van der Waals surface area contributed by atoms with Gasteiger partial charge in [-0.05, 0) is 0 Å². The van der Waals surface area contributed by atoms with Crippen molar-refractivity contribution in [3.8, 4) is 0 Å². The normalized spacial score (nSPS) is 10.2. The van der Waals surface area contributed by atoms with Gasteiger partial charge in [0.2, 0.25) is 0 Å². The molecule has 1 N–H and O–H groups in total. The summed E-state index contributed by atoms with van der Waals surface area (Å²) in [6.07, 6.45) is 3.63. The number of aldehydes is 1. The topological polar surface area (TPSA) is 71.5 Å². The molecule has 5 nitrogen and oxygen atoms in total. The van der Waals surface area contributed by atoms with Gasteiger partial charge in [0.1, 0.15) is 5.52 Å². The van der Waals surface area contributed by atoms with E-state index in [0.29, 0.717) is 11.9 Å². The molecule has 0 amide bonds. The highest BCUT2D eigenvalue weighted by Gasteiger charge is 1.98. The number of aromatic nitrogens is 4. The lowest BCUT2D eigenvalue weighted by Gasteiger charge is -1.86.